The Bertz CT molecular complexity index is 392. The van der Waals surface area contributed by atoms with Gasteiger partial charge in [0.25, 0.3) is 0 Å². The van der Waals surface area contributed by atoms with E-state index in [-0.39, 0.29) is 6.10 Å². The van der Waals surface area contributed by atoms with Gasteiger partial charge in [-0.15, -0.1) is 0 Å². The number of hydrogen-bond donors (Lipinski definition) is 2. The molecule has 0 fully saturated rings. The van der Waals surface area contributed by atoms with Crippen LogP contribution < -0.4 is 0 Å². The molecule has 3 nitrogen and oxygen atoms in total. The largest absolute Gasteiger partial charge is 0.478 e. The lowest BCUT2D eigenvalue weighted by Gasteiger charge is -2.07. The molecule has 0 aliphatic rings. The van der Waals surface area contributed by atoms with Gasteiger partial charge in [0.1, 0.15) is 0 Å². The number of hydrogen-bond acceptors (Lipinski definition) is 2. The fourth-order valence-corrected chi connectivity index (χ4v) is 2.16. The second-order valence-corrected chi connectivity index (χ2v) is 5.69. The van der Waals surface area contributed by atoms with Gasteiger partial charge in [-0.1, -0.05) is 94.4 Å². The number of allylic oxidation sites excluding steroid dienone is 6. The van der Waals surface area contributed by atoms with Crippen LogP contribution in [0.25, 0.3) is 0 Å². The number of aliphatic hydroxyl groups excluding tert-OH is 1. The van der Waals surface area contributed by atoms with Gasteiger partial charge >= 0.3 is 5.97 Å². The first-order valence-corrected chi connectivity index (χ1v) is 8.74. The van der Waals surface area contributed by atoms with Crippen LogP contribution in [0.2, 0.25) is 0 Å². The molecule has 3 heteroatoms. The highest BCUT2D eigenvalue weighted by Gasteiger charge is 2.00. The van der Waals surface area contributed by atoms with Crippen molar-refractivity contribution in [1.29, 1.82) is 0 Å². The Balaban J connectivity index is 3.57. The van der Waals surface area contributed by atoms with Crippen LogP contribution in [0.4, 0.5) is 0 Å². The topological polar surface area (TPSA) is 57.5 Å². The predicted molar refractivity (Wildman–Crippen MR) is 97.4 cm³/mol. The molecule has 23 heavy (non-hydrogen) atoms. The van der Waals surface area contributed by atoms with Gasteiger partial charge in [0.05, 0.1) is 6.10 Å². The van der Waals surface area contributed by atoms with Crippen molar-refractivity contribution in [2.75, 3.05) is 0 Å². The number of carboxylic acid groups (broad SMARTS) is 1. The molecule has 2 N–H and O–H groups in total. The van der Waals surface area contributed by atoms with Gasteiger partial charge in [0.15, 0.2) is 0 Å². The highest BCUT2D eigenvalue weighted by Crippen LogP contribution is 2.11. The summed E-state index contributed by atoms with van der Waals surface area (Å²) in [6, 6.07) is 0. The monoisotopic (exact) mass is 320 g/mol. The van der Waals surface area contributed by atoms with E-state index in [2.05, 4.69) is 6.92 Å². The Labute approximate surface area is 141 Å². The fraction of sp³-hybridized carbons (Fsp3) is 0.550. The van der Waals surface area contributed by atoms with Gasteiger partial charge in [0.2, 0.25) is 0 Å². The normalized spacial score (nSPS) is 13.8. The van der Waals surface area contributed by atoms with Crippen LogP contribution in [0.15, 0.2) is 48.6 Å². The highest BCUT2D eigenvalue weighted by atomic mass is 16.4. The molecule has 1 atom stereocenters. The van der Waals surface area contributed by atoms with E-state index in [9.17, 15) is 9.90 Å². The van der Waals surface area contributed by atoms with Crippen molar-refractivity contribution < 1.29 is 15.0 Å². The minimum Gasteiger partial charge on any atom is -0.478 e. The van der Waals surface area contributed by atoms with Gasteiger partial charge in [-0.3, -0.25) is 0 Å². The summed E-state index contributed by atoms with van der Waals surface area (Å²) in [5.74, 6) is -0.950. The number of carbonyl (C=O) groups is 1. The third-order valence-electron chi connectivity index (χ3n) is 3.48. The number of rotatable bonds is 14. The molecule has 0 aliphatic heterocycles. The van der Waals surface area contributed by atoms with Crippen LogP contribution in [-0.4, -0.2) is 22.3 Å². The Kier molecular flexibility index (Phi) is 15.6. The number of carboxylic acids is 1. The molecular formula is C20H32O3. The number of aliphatic carboxylic acids is 1. The van der Waals surface area contributed by atoms with E-state index in [0.29, 0.717) is 6.42 Å². The Morgan fingerprint density at radius 1 is 0.870 bits per heavy atom. The quantitative estimate of drug-likeness (QED) is 0.263. The number of aliphatic hydroxyl groups is 1. The lowest BCUT2D eigenvalue weighted by atomic mass is 10.0. The van der Waals surface area contributed by atoms with Crippen molar-refractivity contribution in [2.24, 2.45) is 0 Å². The molecule has 0 amide bonds. The van der Waals surface area contributed by atoms with Gasteiger partial charge in [-0.25, -0.2) is 4.79 Å². The SMILES string of the molecule is CCCCCCCCC[C@H](O)CC=CC=CC=CC=CC(=O)O. The maximum Gasteiger partial charge on any atom is 0.328 e. The molecule has 0 aromatic heterocycles. The van der Waals surface area contributed by atoms with Gasteiger partial charge in [-0.05, 0) is 12.8 Å². The highest BCUT2D eigenvalue weighted by molar-refractivity contribution is 5.80. The summed E-state index contributed by atoms with van der Waals surface area (Å²) in [5, 5.41) is 18.3. The van der Waals surface area contributed by atoms with Crippen LogP contribution in [0, 0.1) is 0 Å². The molecular weight excluding hydrogens is 288 g/mol. The second-order valence-electron chi connectivity index (χ2n) is 5.69. The molecule has 0 heterocycles. The molecule has 0 unspecified atom stereocenters. The molecule has 130 valence electrons. The van der Waals surface area contributed by atoms with E-state index in [0.717, 1.165) is 18.9 Å². The smallest absolute Gasteiger partial charge is 0.328 e. The first-order valence-electron chi connectivity index (χ1n) is 8.74. The van der Waals surface area contributed by atoms with Gasteiger partial charge in [-0.2, -0.15) is 0 Å². The van der Waals surface area contributed by atoms with E-state index < -0.39 is 5.97 Å². The molecule has 0 bridgehead atoms. The molecule has 0 saturated heterocycles. The van der Waals surface area contributed by atoms with Crippen LogP contribution >= 0.6 is 0 Å². The predicted octanol–water partition coefficient (Wildman–Crippen LogP) is 5.19. The van der Waals surface area contributed by atoms with Crippen molar-refractivity contribution in [3.05, 3.63) is 48.6 Å². The summed E-state index contributed by atoms with van der Waals surface area (Å²) in [5.41, 5.74) is 0. The van der Waals surface area contributed by atoms with Crippen molar-refractivity contribution >= 4 is 5.97 Å². The fourth-order valence-electron chi connectivity index (χ4n) is 2.16. The summed E-state index contributed by atoms with van der Waals surface area (Å²) in [4.78, 5) is 10.2. The summed E-state index contributed by atoms with van der Waals surface area (Å²) in [6.07, 6.45) is 23.8. The van der Waals surface area contributed by atoms with Crippen molar-refractivity contribution in [2.45, 2.75) is 70.8 Å². The zero-order valence-corrected chi connectivity index (χ0v) is 14.4. The molecule has 0 spiro atoms. The Hall–Kier alpha value is -1.61. The zero-order valence-electron chi connectivity index (χ0n) is 14.4. The number of unbranched alkanes of at least 4 members (excludes halogenated alkanes) is 6. The average Bonchev–Trinajstić information content (AvgIpc) is 2.52. The lowest BCUT2D eigenvalue weighted by Crippen LogP contribution is -2.04. The van der Waals surface area contributed by atoms with E-state index in [1.807, 2.05) is 24.3 Å². The summed E-state index contributed by atoms with van der Waals surface area (Å²) in [6.45, 7) is 2.23. The standard InChI is InChI=1S/C20H32O3/c1-2-3-4-5-7-10-13-16-19(21)17-14-11-8-6-9-12-15-18-20(22)23/h6,8-9,11-12,14-15,18-19,21H,2-5,7,10,13,16-17H2,1H3,(H,22,23)/t19-/m0/s1. The third kappa shape index (κ3) is 18.3. The van der Waals surface area contributed by atoms with Crippen molar-refractivity contribution in [3.63, 3.8) is 0 Å². The van der Waals surface area contributed by atoms with E-state index in [4.69, 9.17) is 5.11 Å². The van der Waals surface area contributed by atoms with Crippen LogP contribution in [0.1, 0.15) is 64.7 Å². The van der Waals surface area contributed by atoms with Crippen LogP contribution in [-0.2, 0) is 4.79 Å². The van der Waals surface area contributed by atoms with Crippen LogP contribution in [0.3, 0.4) is 0 Å². The van der Waals surface area contributed by atoms with Gasteiger partial charge in [0, 0.05) is 6.08 Å². The summed E-state index contributed by atoms with van der Waals surface area (Å²) >= 11 is 0. The van der Waals surface area contributed by atoms with E-state index in [1.54, 1.807) is 12.2 Å². The van der Waals surface area contributed by atoms with E-state index >= 15 is 0 Å². The zero-order chi connectivity index (χ0) is 17.2. The van der Waals surface area contributed by atoms with E-state index in [1.165, 1.54) is 44.6 Å². The molecule has 0 saturated carbocycles. The molecule has 0 aromatic carbocycles. The minimum absolute atomic E-state index is 0.246. The molecule has 0 rings (SSSR count). The maximum absolute atomic E-state index is 10.2. The summed E-state index contributed by atoms with van der Waals surface area (Å²) in [7, 11) is 0. The summed E-state index contributed by atoms with van der Waals surface area (Å²) < 4.78 is 0. The van der Waals surface area contributed by atoms with Crippen molar-refractivity contribution in [3.8, 4) is 0 Å². The first kappa shape index (κ1) is 21.4. The third-order valence-corrected chi connectivity index (χ3v) is 3.48. The maximum atomic E-state index is 10.2. The molecule has 0 aromatic rings. The first-order chi connectivity index (χ1) is 11.2. The average molecular weight is 320 g/mol. The minimum atomic E-state index is -0.950. The molecule has 0 aliphatic carbocycles. The van der Waals surface area contributed by atoms with Crippen molar-refractivity contribution in [1.82, 2.24) is 0 Å². The Morgan fingerprint density at radius 3 is 2.09 bits per heavy atom. The van der Waals surface area contributed by atoms with Gasteiger partial charge < -0.3 is 10.2 Å². The second kappa shape index (κ2) is 16.8. The lowest BCUT2D eigenvalue weighted by molar-refractivity contribution is -0.131. The van der Waals surface area contributed by atoms with Crippen LogP contribution in [0.5, 0.6) is 0 Å². The Morgan fingerprint density at radius 2 is 1.43 bits per heavy atom. The molecule has 0 radical (unpaired) electrons.